The molecule has 0 aliphatic carbocycles. The van der Waals surface area contributed by atoms with Crippen molar-refractivity contribution < 1.29 is 5.11 Å². The minimum atomic E-state index is 0.189. The van der Waals surface area contributed by atoms with E-state index in [0.29, 0.717) is 17.9 Å². The summed E-state index contributed by atoms with van der Waals surface area (Å²) in [6.45, 7) is 4.28. The van der Waals surface area contributed by atoms with Crippen LogP contribution in [0.1, 0.15) is 5.56 Å². The third kappa shape index (κ3) is 2.70. The predicted molar refractivity (Wildman–Crippen MR) is 62.5 cm³/mol. The molecule has 90 valence electrons. The van der Waals surface area contributed by atoms with Crippen molar-refractivity contribution in [2.75, 3.05) is 44.2 Å². The molecule has 0 bridgehead atoms. The molecule has 2 heterocycles. The largest absolute Gasteiger partial charge is 0.395 e. The van der Waals surface area contributed by atoms with Crippen molar-refractivity contribution in [2.24, 2.45) is 0 Å². The van der Waals surface area contributed by atoms with Crippen molar-refractivity contribution in [3.05, 3.63) is 17.8 Å². The summed E-state index contributed by atoms with van der Waals surface area (Å²) in [4.78, 5) is 4.26. The van der Waals surface area contributed by atoms with E-state index in [1.54, 1.807) is 6.07 Å². The van der Waals surface area contributed by atoms with E-state index in [2.05, 4.69) is 26.1 Å². The number of aromatic nitrogens is 2. The summed E-state index contributed by atoms with van der Waals surface area (Å²) in [7, 11) is 0. The van der Waals surface area contributed by atoms with Gasteiger partial charge in [0.15, 0.2) is 5.82 Å². The van der Waals surface area contributed by atoms with Crippen LogP contribution in [-0.4, -0.2) is 59.5 Å². The van der Waals surface area contributed by atoms with E-state index >= 15 is 0 Å². The number of anilines is 1. The number of aliphatic hydroxyl groups is 1. The van der Waals surface area contributed by atoms with Gasteiger partial charge in [0.1, 0.15) is 6.07 Å². The van der Waals surface area contributed by atoms with Crippen LogP contribution in [0.3, 0.4) is 0 Å². The van der Waals surface area contributed by atoms with E-state index in [0.717, 1.165) is 26.2 Å². The molecule has 0 amide bonds. The summed E-state index contributed by atoms with van der Waals surface area (Å²) in [6.07, 6.45) is 1.53. The Morgan fingerprint density at radius 1 is 1.35 bits per heavy atom. The summed E-state index contributed by atoms with van der Waals surface area (Å²) in [6, 6.07) is 3.81. The van der Waals surface area contributed by atoms with Crippen LogP contribution in [0.4, 0.5) is 5.82 Å². The fourth-order valence-electron chi connectivity index (χ4n) is 1.97. The average Bonchev–Trinajstić information content (AvgIpc) is 2.40. The van der Waals surface area contributed by atoms with Gasteiger partial charge in [0.25, 0.3) is 0 Å². The molecular weight excluding hydrogens is 218 g/mol. The van der Waals surface area contributed by atoms with Crippen LogP contribution in [-0.2, 0) is 0 Å². The summed E-state index contributed by atoms with van der Waals surface area (Å²) in [5, 5.41) is 25.7. The third-order valence-corrected chi connectivity index (χ3v) is 2.91. The number of nitrogens with zero attached hydrogens (tertiary/aromatic N) is 5. The Bertz CT molecular complexity index is 409. The van der Waals surface area contributed by atoms with Gasteiger partial charge in [-0.3, -0.25) is 4.90 Å². The molecule has 0 unspecified atom stereocenters. The van der Waals surface area contributed by atoms with Crippen LogP contribution in [0.5, 0.6) is 0 Å². The summed E-state index contributed by atoms with van der Waals surface area (Å²) in [5.41, 5.74) is 0.565. The van der Waals surface area contributed by atoms with Gasteiger partial charge in [-0.15, -0.1) is 5.10 Å². The maximum atomic E-state index is 9.00. The lowest BCUT2D eigenvalue weighted by molar-refractivity contribution is 0.188. The summed E-state index contributed by atoms with van der Waals surface area (Å²) in [5.74, 6) is 0.665. The Balaban J connectivity index is 2.03. The minimum absolute atomic E-state index is 0.189. The Morgan fingerprint density at radius 2 is 2.12 bits per heavy atom. The minimum Gasteiger partial charge on any atom is -0.395 e. The fourth-order valence-corrected chi connectivity index (χ4v) is 1.97. The Hall–Kier alpha value is -1.71. The van der Waals surface area contributed by atoms with Crippen LogP contribution in [0, 0.1) is 11.3 Å². The van der Waals surface area contributed by atoms with Crippen LogP contribution < -0.4 is 4.90 Å². The lowest BCUT2D eigenvalue weighted by atomic mass is 10.2. The summed E-state index contributed by atoms with van der Waals surface area (Å²) >= 11 is 0. The molecule has 1 fully saturated rings. The van der Waals surface area contributed by atoms with Gasteiger partial charge in [-0.2, -0.15) is 10.4 Å². The molecule has 0 saturated carbocycles. The second kappa shape index (κ2) is 5.57. The number of nitriles is 1. The number of hydrogen-bond acceptors (Lipinski definition) is 6. The molecule has 1 saturated heterocycles. The maximum absolute atomic E-state index is 9.00. The zero-order valence-electron chi connectivity index (χ0n) is 9.58. The van der Waals surface area contributed by atoms with E-state index in [1.807, 2.05) is 0 Å². The van der Waals surface area contributed by atoms with Crippen LogP contribution >= 0.6 is 0 Å². The molecule has 17 heavy (non-hydrogen) atoms. The molecule has 0 radical (unpaired) electrons. The van der Waals surface area contributed by atoms with Gasteiger partial charge in [-0.05, 0) is 6.07 Å². The predicted octanol–water partition coefficient (Wildman–Crippen LogP) is -0.537. The van der Waals surface area contributed by atoms with Crippen molar-refractivity contribution in [2.45, 2.75) is 0 Å². The molecule has 2 rings (SSSR count). The number of aliphatic hydroxyl groups excluding tert-OH is 1. The molecule has 0 aromatic carbocycles. The molecule has 1 N–H and O–H groups in total. The monoisotopic (exact) mass is 233 g/mol. The first kappa shape index (κ1) is 11.8. The average molecular weight is 233 g/mol. The molecule has 6 nitrogen and oxygen atoms in total. The molecule has 1 aromatic heterocycles. The van der Waals surface area contributed by atoms with E-state index in [4.69, 9.17) is 10.4 Å². The number of β-amino-alcohol motifs (C(OH)–C–C–N with tert-alkyl or cyclic N) is 1. The van der Waals surface area contributed by atoms with Gasteiger partial charge < -0.3 is 10.0 Å². The highest BCUT2D eigenvalue weighted by molar-refractivity contribution is 5.52. The second-order valence-electron chi connectivity index (χ2n) is 3.93. The van der Waals surface area contributed by atoms with E-state index in [-0.39, 0.29) is 6.61 Å². The SMILES string of the molecule is N#Cc1ccnnc1N1CCN(CCO)CC1. The summed E-state index contributed by atoms with van der Waals surface area (Å²) < 4.78 is 0. The quantitative estimate of drug-likeness (QED) is 0.756. The lowest BCUT2D eigenvalue weighted by Crippen LogP contribution is -2.47. The molecule has 1 aliphatic rings. The molecule has 0 spiro atoms. The topological polar surface area (TPSA) is 76.3 Å². The van der Waals surface area contributed by atoms with E-state index in [1.165, 1.54) is 6.20 Å². The Kier molecular flexibility index (Phi) is 3.85. The molecule has 1 aliphatic heterocycles. The van der Waals surface area contributed by atoms with Crippen molar-refractivity contribution in [3.63, 3.8) is 0 Å². The van der Waals surface area contributed by atoms with Gasteiger partial charge in [0.05, 0.1) is 18.4 Å². The highest BCUT2D eigenvalue weighted by Gasteiger charge is 2.19. The van der Waals surface area contributed by atoms with Crippen LogP contribution in [0.25, 0.3) is 0 Å². The first-order valence-electron chi connectivity index (χ1n) is 5.65. The number of rotatable bonds is 3. The fraction of sp³-hybridized carbons (Fsp3) is 0.545. The number of hydrogen-bond donors (Lipinski definition) is 1. The van der Waals surface area contributed by atoms with E-state index in [9.17, 15) is 0 Å². The standard InChI is InChI=1S/C11H15N5O/c12-9-10-1-2-13-14-11(10)16-5-3-15(4-6-16)7-8-17/h1-2,17H,3-8H2. The first-order chi connectivity index (χ1) is 8.35. The van der Waals surface area contributed by atoms with Gasteiger partial charge >= 0.3 is 0 Å². The normalized spacial score (nSPS) is 16.8. The highest BCUT2D eigenvalue weighted by Crippen LogP contribution is 2.16. The number of piperazine rings is 1. The Labute approximate surface area is 100 Å². The third-order valence-electron chi connectivity index (χ3n) is 2.91. The van der Waals surface area contributed by atoms with Crippen molar-refractivity contribution in [3.8, 4) is 6.07 Å². The van der Waals surface area contributed by atoms with Crippen LogP contribution in [0.2, 0.25) is 0 Å². The Morgan fingerprint density at radius 3 is 2.76 bits per heavy atom. The zero-order valence-corrected chi connectivity index (χ0v) is 9.58. The van der Waals surface area contributed by atoms with E-state index < -0.39 is 0 Å². The molecule has 6 heteroatoms. The molecule has 0 atom stereocenters. The first-order valence-corrected chi connectivity index (χ1v) is 5.65. The maximum Gasteiger partial charge on any atom is 0.169 e. The molecular formula is C11H15N5O. The smallest absolute Gasteiger partial charge is 0.169 e. The van der Waals surface area contributed by atoms with Gasteiger partial charge in [0.2, 0.25) is 0 Å². The van der Waals surface area contributed by atoms with Crippen molar-refractivity contribution in [1.29, 1.82) is 5.26 Å². The lowest BCUT2D eigenvalue weighted by Gasteiger charge is -2.34. The van der Waals surface area contributed by atoms with Crippen molar-refractivity contribution in [1.82, 2.24) is 15.1 Å². The van der Waals surface area contributed by atoms with Gasteiger partial charge in [-0.25, -0.2) is 0 Å². The molecule has 1 aromatic rings. The zero-order chi connectivity index (χ0) is 12.1. The van der Waals surface area contributed by atoms with Gasteiger partial charge in [0, 0.05) is 32.7 Å². The van der Waals surface area contributed by atoms with Crippen LogP contribution in [0.15, 0.2) is 12.3 Å². The second-order valence-corrected chi connectivity index (χ2v) is 3.93. The van der Waals surface area contributed by atoms with Crippen molar-refractivity contribution >= 4 is 5.82 Å². The van der Waals surface area contributed by atoms with Gasteiger partial charge in [-0.1, -0.05) is 0 Å². The highest BCUT2D eigenvalue weighted by atomic mass is 16.3.